The van der Waals surface area contributed by atoms with Crippen molar-refractivity contribution in [1.29, 1.82) is 0 Å². The van der Waals surface area contributed by atoms with Crippen molar-refractivity contribution in [3.05, 3.63) is 47.1 Å². The van der Waals surface area contributed by atoms with Crippen LogP contribution in [-0.4, -0.2) is 10.9 Å². The molecule has 0 bridgehead atoms. The van der Waals surface area contributed by atoms with Crippen molar-refractivity contribution < 1.29 is 4.79 Å². The predicted molar refractivity (Wildman–Crippen MR) is 78.0 cm³/mol. The van der Waals surface area contributed by atoms with Gasteiger partial charge in [-0.25, -0.2) is 4.98 Å². The minimum Gasteiger partial charge on any atom is -0.354 e. The van der Waals surface area contributed by atoms with Gasteiger partial charge in [-0.3, -0.25) is 4.79 Å². The Morgan fingerprint density at radius 2 is 2.05 bits per heavy atom. The van der Waals surface area contributed by atoms with Crippen molar-refractivity contribution in [3.63, 3.8) is 0 Å². The molecule has 1 aromatic heterocycles. The van der Waals surface area contributed by atoms with Crippen LogP contribution in [0.3, 0.4) is 0 Å². The third-order valence-electron chi connectivity index (χ3n) is 2.55. The second-order valence-corrected chi connectivity index (χ2v) is 4.63. The van der Waals surface area contributed by atoms with E-state index < -0.39 is 0 Å². The number of nitrogens with zero attached hydrogens (tertiary/aromatic N) is 1. The molecule has 0 saturated heterocycles. The number of aryl methyl sites for hydroxylation is 1. The molecule has 2 rings (SSSR count). The van der Waals surface area contributed by atoms with Gasteiger partial charge in [-0.1, -0.05) is 17.7 Å². The van der Waals surface area contributed by atoms with Crippen LogP contribution in [0.15, 0.2) is 36.5 Å². The predicted octanol–water partition coefficient (Wildman–Crippen LogP) is 3.75. The fourth-order valence-electron chi connectivity index (χ4n) is 1.61. The number of amides is 1. The van der Waals surface area contributed by atoms with Crippen LogP contribution in [0, 0.1) is 6.92 Å². The van der Waals surface area contributed by atoms with E-state index in [2.05, 4.69) is 15.6 Å². The number of nitrogens with one attached hydrogen (secondary N) is 2. The van der Waals surface area contributed by atoms with Crippen molar-refractivity contribution >= 4 is 34.7 Å². The summed E-state index contributed by atoms with van der Waals surface area (Å²) in [5.41, 5.74) is 2.86. The van der Waals surface area contributed by atoms with Crippen molar-refractivity contribution in [2.75, 3.05) is 10.6 Å². The molecule has 0 spiro atoms. The first-order valence-electron chi connectivity index (χ1n) is 5.81. The van der Waals surface area contributed by atoms with Gasteiger partial charge in [-0.05, 0) is 36.8 Å². The van der Waals surface area contributed by atoms with Crippen molar-refractivity contribution in [3.8, 4) is 0 Å². The minimum atomic E-state index is -0.140. The smallest absolute Gasteiger partial charge is 0.222 e. The Bertz CT molecular complexity index is 596. The first kappa shape index (κ1) is 13.4. The highest BCUT2D eigenvalue weighted by Gasteiger charge is 2.02. The maximum absolute atomic E-state index is 10.9. The third kappa shape index (κ3) is 3.69. The van der Waals surface area contributed by atoms with Crippen LogP contribution < -0.4 is 10.6 Å². The highest BCUT2D eigenvalue weighted by Crippen LogP contribution is 2.24. The number of hydrogen-bond donors (Lipinski definition) is 2. The molecule has 98 valence electrons. The molecule has 5 heteroatoms. The summed E-state index contributed by atoms with van der Waals surface area (Å²) >= 11 is 5.96. The molecule has 0 radical (unpaired) electrons. The molecule has 4 nitrogen and oxygen atoms in total. The first-order chi connectivity index (χ1) is 9.04. The molecule has 2 N–H and O–H groups in total. The lowest BCUT2D eigenvalue weighted by Crippen LogP contribution is -2.07. The van der Waals surface area contributed by atoms with Gasteiger partial charge in [0.05, 0.1) is 11.9 Å². The van der Waals surface area contributed by atoms with Crippen LogP contribution in [0.2, 0.25) is 5.02 Å². The van der Waals surface area contributed by atoms with E-state index in [1.807, 2.05) is 31.2 Å². The van der Waals surface area contributed by atoms with Crippen LogP contribution in [0.4, 0.5) is 17.2 Å². The van der Waals surface area contributed by atoms with Crippen LogP contribution >= 0.6 is 11.6 Å². The molecule has 1 heterocycles. The lowest BCUT2D eigenvalue weighted by Gasteiger charge is -2.10. The minimum absolute atomic E-state index is 0.140. The van der Waals surface area contributed by atoms with E-state index >= 15 is 0 Å². The summed E-state index contributed by atoms with van der Waals surface area (Å²) in [6.07, 6.45) is 1.66. The van der Waals surface area contributed by atoms with Crippen molar-refractivity contribution in [1.82, 2.24) is 4.98 Å². The van der Waals surface area contributed by atoms with E-state index in [0.717, 1.165) is 16.9 Å². The van der Waals surface area contributed by atoms with Gasteiger partial charge in [0.15, 0.2) is 0 Å². The van der Waals surface area contributed by atoms with Crippen molar-refractivity contribution in [2.24, 2.45) is 0 Å². The number of aromatic nitrogens is 1. The highest BCUT2D eigenvalue weighted by atomic mass is 35.5. The Labute approximate surface area is 116 Å². The lowest BCUT2D eigenvalue weighted by atomic mass is 10.2. The Hall–Kier alpha value is -2.07. The van der Waals surface area contributed by atoms with E-state index in [1.165, 1.54) is 6.92 Å². The molecule has 0 aliphatic carbocycles. The zero-order valence-electron chi connectivity index (χ0n) is 10.7. The van der Waals surface area contributed by atoms with Crippen LogP contribution in [0.25, 0.3) is 0 Å². The topological polar surface area (TPSA) is 54.0 Å². The normalized spacial score (nSPS) is 10.1. The summed E-state index contributed by atoms with van der Waals surface area (Å²) in [5.74, 6) is 0.389. The highest BCUT2D eigenvalue weighted by molar-refractivity contribution is 6.30. The number of benzene rings is 1. The maximum Gasteiger partial charge on any atom is 0.222 e. The summed E-state index contributed by atoms with van der Waals surface area (Å²) in [6, 6.07) is 9.24. The maximum atomic E-state index is 10.9. The fourth-order valence-corrected chi connectivity index (χ4v) is 1.78. The van der Waals surface area contributed by atoms with Crippen LogP contribution in [0.5, 0.6) is 0 Å². The second kappa shape index (κ2) is 5.71. The SMILES string of the molecule is CC(=O)Nc1ccc(Nc2cc(Cl)ccc2C)cn1. The molecule has 0 aliphatic heterocycles. The average molecular weight is 276 g/mol. The van der Waals surface area contributed by atoms with Gasteiger partial charge in [0.2, 0.25) is 5.91 Å². The molecule has 0 fully saturated rings. The molecule has 0 atom stereocenters. The van der Waals surface area contributed by atoms with E-state index in [0.29, 0.717) is 10.8 Å². The van der Waals surface area contributed by atoms with Gasteiger partial charge in [0.25, 0.3) is 0 Å². The summed E-state index contributed by atoms with van der Waals surface area (Å²) in [5, 5.41) is 6.53. The lowest BCUT2D eigenvalue weighted by molar-refractivity contribution is -0.114. The molecule has 19 heavy (non-hydrogen) atoms. The Balaban J connectivity index is 2.15. The van der Waals surface area contributed by atoms with E-state index in [1.54, 1.807) is 12.3 Å². The number of halogens is 1. The quantitative estimate of drug-likeness (QED) is 0.897. The van der Waals surface area contributed by atoms with E-state index in [4.69, 9.17) is 11.6 Å². The zero-order valence-corrected chi connectivity index (χ0v) is 11.5. The molecular weight excluding hydrogens is 262 g/mol. The number of hydrogen-bond acceptors (Lipinski definition) is 3. The van der Waals surface area contributed by atoms with Gasteiger partial charge >= 0.3 is 0 Å². The number of anilines is 3. The van der Waals surface area contributed by atoms with Crippen LogP contribution in [0.1, 0.15) is 12.5 Å². The first-order valence-corrected chi connectivity index (χ1v) is 6.19. The number of carbonyl (C=O) groups excluding carboxylic acids is 1. The zero-order chi connectivity index (χ0) is 13.8. The van der Waals surface area contributed by atoms with E-state index in [9.17, 15) is 4.79 Å². The van der Waals surface area contributed by atoms with Gasteiger partial charge in [-0.15, -0.1) is 0 Å². The molecule has 0 aliphatic rings. The molecular formula is C14H14ClN3O. The Morgan fingerprint density at radius 1 is 1.26 bits per heavy atom. The molecule has 0 unspecified atom stereocenters. The molecule has 2 aromatic rings. The second-order valence-electron chi connectivity index (χ2n) is 4.20. The number of pyridine rings is 1. The van der Waals surface area contributed by atoms with E-state index in [-0.39, 0.29) is 5.91 Å². The van der Waals surface area contributed by atoms with Gasteiger partial charge < -0.3 is 10.6 Å². The number of carbonyl (C=O) groups is 1. The summed E-state index contributed by atoms with van der Waals surface area (Å²) in [6.45, 7) is 3.45. The Kier molecular flexibility index (Phi) is 4.02. The molecule has 1 amide bonds. The van der Waals surface area contributed by atoms with Crippen molar-refractivity contribution in [2.45, 2.75) is 13.8 Å². The standard InChI is InChI=1S/C14H14ClN3O/c1-9-3-4-11(15)7-13(9)18-12-5-6-14(16-8-12)17-10(2)19/h3-8,18H,1-2H3,(H,16,17,19). The summed E-state index contributed by atoms with van der Waals surface area (Å²) in [4.78, 5) is 15.0. The number of rotatable bonds is 3. The van der Waals surface area contributed by atoms with Gasteiger partial charge in [0.1, 0.15) is 5.82 Å². The fraction of sp³-hybridized carbons (Fsp3) is 0.143. The molecule has 1 aromatic carbocycles. The van der Waals surface area contributed by atoms with Gasteiger partial charge in [0, 0.05) is 17.6 Å². The average Bonchev–Trinajstić information content (AvgIpc) is 2.35. The molecule has 0 saturated carbocycles. The Morgan fingerprint density at radius 3 is 2.68 bits per heavy atom. The van der Waals surface area contributed by atoms with Crippen LogP contribution in [-0.2, 0) is 4.79 Å². The monoisotopic (exact) mass is 275 g/mol. The third-order valence-corrected chi connectivity index (χ3v) is 2.78. The largest absolute Gasteiger partial charge is 0.354 e. The summed E-state index contributed by atoms with van der Waals surface area (Å²) in [7, 11) is 0. The summed E-state index contributed by atoms with van der Waals surface area (Å²) < 4.78 is 0. The van der Waals surface area contributed by atoms with Gasteiger partial charge in [-0.2, -0.15) is 0 Å².